The lowest BCUT2D eigenvalue weighted by Gasteiger charge is -2.35. The molecule has 28 nitrogen and oxygen atoms in total. The first kappa shape index (κ1) is 123. The molecule has 13 aliphatic rings. The van der Waals surface area contributed by atoms with Gasteiger partial charge >= 0.3 is 21.1 Å². The third kappa shape index (κ3) is 38.3. The average Bonchev–Trinajstić information content (AvgIpc) is 1.60. The van der Waals surface area contributed by atoms with Crippen molar-refractivity contribution in [3.8, 4) is 34.0 Å². The summed E-state index contributed by atoms with van der Waals surface area (Å²) >= 11 is 19.9. The van der Waals surface area contributed by atoms with Crippen LogP contribution in [0.5, 0.6) is 11.5 Å². The van der Waals surface area contributed by atoms with Crippen LogP contribution in [0.15, 0.2) is 139 Å². The third-order valence-corrected chi connectivity index (χ3v) is 34.1. The van der Waals surface area contributed by atoms with E-state index in [4.69, 9.17) is 102 Å². The zero-order valence-corrected chi connectivity index (χ0v) is 97.9. The van der Waals surface area contributed by atoms with E-state index < -0.39 is 37.0 Å². The normalized spacial score (nSPS) is 23.1. The van der Waals surface area contributed by atoms with Crippen molar-refractivity contribution >= 4 is 145 Å². The molecule has 13 fully saturated rings. The van der Waals surface area contributed by atoms with Gasteiger partial charge in [0.1, 0.15) is 34.1 Å². The summed E-state index contributed by atoms with van der Waals surface area (Å²) in [7, 11) is -0.979. The minimum Gasteiger partial charge on any atom is -0.490 e. The molecule has 150 heavy (non-hydrogen) atoms. The van der Waals surface area contributed by atoms with Gasteiger partial charge in [-0.15, -0.1) is 0 Å². The number of hydrogen-bond donors (Lipinski definition) is 6. The molecular weight excluding hydrogens is 2180 g/mol. The molecule has 0 radical (unpaired) electrons. The molecule has 6 aromatic rings. The second-order valence-corrected chi connectivity index (χ2v) is 48.5. The predicted octanol–water partition coefficient (Wildman–Crippen LogP) is 22.9. The summed E-state index contributed by atoms with van der Waals surface area (Å²) in [6.45, 7) is 41.2. The minimum atomic E-state index is -0.552. The summed E-state index contributed by atoms with van der Waals surface area (Å²) in [5, 5.41) is 15.2. The Morgan fingerprint density at radius 3 is 1.05 bits per heavy atom. The smallest absolute Gasteiger partial charge is 0.488 e. The number of allylic oxidation sites excluding steroid dienone is 1. The van der Waals surface area contributed by atoms with E-state index in [1.807, 2.05) is 128 Å². The number of piperazine rings is 3. The molecule has 3 aromatic heterocycles. The fraction of sp³-hybridized carbons (Fsp3) is 0.632. The molecule has 36 heteroatoms. The number of hydrogen-bond acceptors (Lipinski definition) is 24. The lowest BCUT2D eigenvalue weighted by atomic mass is 9.49. The van der Waals surface area contributed by atoms with Gasteiger partial charge in [-0.25, -0.2) is 15.0 Å². The summed E-state index contributed by atoms with van der Waals surface area (Å²) < 4.78 is 63.4. The van der Waals surface area contributed by atoms with Crippen LogP contribution >= 0.6 is 77.7 Å². The Bertz CT molecular complexity index is 5080. The number of ether oxygens (including phenoxy) is 4. The number of benzene rings is 3. The molecule has 0 unspecified atom stereocenters. The number of aliphatic hydroxyl groups is 1. The summed E-state index contributed by atoms with van der Waals surface area (Å²) in [5.74, 6) is 3.09. The first-order chi connectivity index (χ1) is 71.5. The zero-order chi connectivity index (χ0) is 108. The van der Waals surface area contributed by atoms with Crippen LogP contribution in [-0.2, 0) is 47.0 Å². The molecule has 7 saturated carbocycles. The number of nitrogens with one attached hydrogen (secondary N) is 2. The lowest BCUT2D eigenvalue weighted by Crippen LogP contribution is -2.48. The first-order valence-electron chi connectivity index (χ1n) is 55.1. The minimum absolute atomic E-state index is 0.0272. The molecule has 3 aromatic carbocycles. The zero-order valence-electron chi connectivity index (χ0n) is 91.0. The standard InChI is InChI=1S/C25H30N4O3.C22H28N4O2.C18H33BO3.C12H24B2O4.C12H21BrO.C10H13ClN4O.C6H4BrI.C6H12O.C3H3ClO/c1-2-23(30)29-16-14-28(15-17-29)22-13-12-21(25(26)31)24(27-22)18-8-10-20(11-9-18)32-19-6-4-3-5-7-19;23-22(27)19-10-11-20(26-14-12-24-13-15-26)25-21(19)16-6-8-18(9-7-16)28-17-4-2-1-3-5-17;1-17(2)18(3,4)22-19(21-17)14-10-12-16(13-11-14)20-15-8-6-5-7-9-15;1-9(2)10(3,4)16-13(15-9)14-17-11(5,6)12(7,8)18-14;13-10-6-8-12(9-7-10)14-11-4-2-1-3-5-11;11-9-7(10(12)16)1-2-8(14-9)15-5-3-13-4-6-15;7-5-1-3-6(8)4-2-5;7-6-4-2-1-3-5-6;1-2-3(4)5/h2,8-13,19H,1,3-7,14-17H2,(H2,26,31);6-11,17,24H,1-5,12-15H2,(H2,23,27);14-16H,5-13H2,1-4H3;1-8H3;10-12H,1-9H2;1-2,13H,3-6H2,(H2,12,16);1-4H;6-7H,1-5H2;2H,1H2. The average molecular weight is 2350 g/mol. The van der Waals surface area contributed by atoms with Crippen LogP contribution in [0.1, 0.15) is 326 Å². The van der Waals surface area contributed by atoms with E-state index in [9.17, 15) is 24.0 Å². The fourth-order valence-corrected chi connectivity index (χ4v) is 21.7. The molecule has 9 N–H and O–H groups in total. The molecule has 0 atom stereocenters. The Balaban J connectivity index is 0.000000167. The Hall–Kier alpha value is -6.84. The number of alkyl halides is 1. The Morgan fingerprint density at radius 1 is 0.413 bits per heavy atom. The van der Waals surface area contributed by atoms with Gasteiger partial charge in [-0.05, 0) is 386 Å². The molecule has 6 aliphatic heterocycles. The molecule has 6 saturated heterocycles. The van der Waals surface area contributed by atoms with E-state index >= 15 is 0 Å². The van der Waals surface area contributed by atoms with Gasteiger partial charge in [0.15, 0.2) is 0 Å². The van der Waals surface area contributed by atoms with Crippen LogP contribution < -0.4 is 52.0 Å². The molecule has 19 rings (SSSR count). The van der Waals surface area contributed by atoms with Gasteiger partial charge in [0, 0.05) is 103 Å². The quantitative estimate of drug-likeness (QED) is 0.0103. The number of primary amides is 3. The molecule has 9 heterocycles. The number of nitrogens with two attached hydrogens (primary N) is 3. The molecule has 0 spiro atoms. The van der Waals surface area contributed by atoms with E-state index in [-0.39, 0.29) is 69.6 Å². The Morgan fingerprint density at radius 2 is 0.727 bits per heavy atom. The molecule has 824 valence electrons. The highest BCUT2D eigenvalue weighted by molar-refractivity contribution is 14.1. The van der Waals surface area contributed by atoms with Gasteiger partial charge in [0.05, 0.1) is 104 Å². The van der Waals surface area contributed by atoms with Crippen molar-refractivity contribution in [2.24, 2.45) is 17.2 Å². The third-order valence-electron chi connectivity index (χ3n) is 31.5. The highest BCUT2D eigenvalue weighted by Crippen LogP contribution is 2.47. The number of carbonyl (C=O) groups is 5. The largest absolute Gasteiger partial charge is 0.490 e. The lowest BCUT2D eigenvalue weighted by molar-refractivity contribution is -0.126. The molecular formula is C114H168B3Br2Cl2IN12O16. The van der Waals surface area contributed by atoms with Crippen molar-refractivity contribution in [2.75, 3.05) is 93.2 Å². The van der Waals surface area contributed by atoms with Crippen LogP contribution in [0.25, 0.3) is 22.5 Å². The second kappa shape index (κ2) is 60.1. The summed E-state index contributed by atoms with van der Waals surface area (Å²) in [5.41, 5.74) is 18.5. The van der Waals surface area contributed by atoms with E-state index in [1.54, 1.807) is 29.2 Å². The van der Waals surface area contributed by atoms with Crippen LogP contribution in [0.2, 0.25) is 11.0 Å². The van der Waals surface area contributed by atoms with E-state index in [1.165, 1.54) is 183 Å². The number of halogens is 5. The summed E-state index contributed by atoms with van der Waals surface area (Å²) in [6, 6.07) is 34.4. The van der Waals surface area contributed by atoms with Crippen LogP contribution in [0, 0.1) is 3.57 Å². The number of amides is 4. The van der Waals surface area contributed by atoms with Gasteiger partial charge < -0.3 is 99.4 Å². The summed E-state index contributed by atoms with van der Waals surface area (Å²) in [4.78, 5) is 79.0. The van der Waals surface area contributed by atoms with Crippen molar-refractivity contribution < 1.29 is 76.0 Å². The number of carbonyl (C=O) groups excluding carboxylic acids is 5. The maximum atomic E-state index is 12.1. The monoisotopic (exact) mass is 2350 g/mol. The highest BCUT2D eigenvalue weighted by atomic mass is 127. The van der Waals surface area contributed by atoms with Gasteiger partial charge in [-0.1, -0.05) is 127 Å². The SMILES string of the molecule is BrC1CCC(OC2CCCCC2)CC1.Brc1ccc(I)cc1.C=CC(=O)Cl.C=CC(=O)N1CCN(c2ccc(C(N)=O)c(-c3ccc(OC4CCCCC4)cc3)n2)CC1.CC1(C)OB(B2OC(C)(C)C(C)(C)O2)OC1(C)C.CC1(C)OB(C2CCC(OC3CCCCC3)CC2)OC1(C)C.NC(=O)c1ccc(N2CCNCC2)nc1-c1ccc(OC2CCCCC2)cc1.NC(=O)c1ccc(N2CCNCC2)nc1Cl.OC1CCCCC1. The number of anilines is 3. The molecule has 0 bridgehead atoms. The number of nitrogens with zero attached hydrogens (tertiary/aromatic N) is 7. The Kier molecular flexibility index (Phi) is 49.4. The topological polar surface area (TPSA) is 352 Å². The number of aliphatic hydroxyl groups excluding tert-OH is 1. The van der Waals surface area contributed by atoms with Gasteiger partial charge in [0.25, 0.3) is 17.7 Å². The van der Waals surface area contributed by atoms with Crippen LogP contribution in [0.4, 0.5) is 17.5 Å². The van der Waals surface area contributed by atoms with Gasteiger partial charge in [-0.3, -0.25) is 24.0 Å². The second-order valence-electron chi connectivity index (χ2n) is 44.3. The molecule has 7 aliphatic carbocycles. The van der Waals surface area contributed by atoms with Gasteiger partial charge in [-0.2, -0.15) is 0 Å². The Labute approximate surface area is 935 Å². The van der Waals surface area contributed by atoms with Crippen molar-refractivity contribution in [1.82, 2.24) is 30.5 Å². The maximum absolute atomic E-state index is 12.1. The first-order valence-corrected chi connectivity index (χ1v) is 58.7. The maximum Gasteiger partial charge on any atom is 0.488 e. The fourth-order valence-electron chi connectivity index (χ4n) is 20.3. The van der Waals surface area contributed by atoms with E-state index in [0.717, 1.165) is 146 Å². The predicted molar refractivity (Wildman–Crippen MR) is 620 cm³/mol. The van der Waals surface area contributed by atoms with Crippen molar-refractivity contribution in [3.05, 3.63) is 164 Å². The van der Waals surface area contributed by atoms with Crippen LogP contribution in [0.3, 0.4) is 0 Å². The number of aromatic nitrogens is 3. The van der Waals surface area contributed by atoms with Crippen molar-refractivity contribution in [2.45, 2.75) is 382 Å². The van der Waals surface area contributed by atoms with Gasteiger partial charge in [0.2, 0.25) is 11.1 Å². The summed E-state index contributed by atoms with van der Waals surface area (Å²) in [6.07, 6.45) is 46.4. The van der Waals surface area contributed by atoms with Crippen molar-refractivity contribution in [1.29, 1.82) is 0 Å². The number of rotatable bonds is 20. The molecule has 4 amide bonds. The van der Waals surface area contributed by atoms with Crippen molar-refractivity contribution in [3.63, 3.8) is 0 Å². The van der Waals surface area contributed by atoms with E-state index in [2.05, 4.69) is 138 Å². The van der Waals surface area contributed by atoms with E-state index in [0.29, 0.717) is 85.0 Å². The highest BCUT2D eigenvalue weighted by Gasteiger charge is 2.64. The van der Waals surface area contributed by atoms with Crippen LogP contribution in [-0.4, -0.2) is 235 Å². The number of pyridine rings is 3.